The number of nitrogens with zero attached hydrogens (tertiary/aromatic N) is 3. The van der Waals surface area contributed by atoms with Crippen molar-refractivity contribution >= 4 is 5.91 Å². The summed E-state index contributed by atoms with van der Waals surface area (Å²) < 4.78 is 12.1. The van der Waals surface area contributed by atoms with Gasteiger partial charge < -0.3 is 19.3 Å². The Bertz CT molecular complexity index is 1170. The summed E-state index contributed by atoms with van der Waals surface area (Å²) in [5.41, 5.74) is 4.30. The van der Waals surface area contributed by atoms with Gasteiger partial charge in [-0.3, -0.25) is 9.78 Å². The normalized spacial score (nSPS) is 17.5. The molecule has 1 saturated heterocycles. The molecule has 0 radical (unpaired) electrons. The molecular formula is C31H37N3O3. The fourth-order valence-electron chi connectivity index (χ4n) is 5.42. The molecule has 37 heavy (non-hydrogen) atoms. The number of carbonyl (C=O) groups is 1. The summed E-state index contributed by atoms with van der Waals surface area (Å²) in [5.74, 6) is 1.80. The van der Waals surface area contributed by atoms with Crippen molar-refractivity contribution in [1.29, 1.82) is 0 Å². The van der Waals surface area contributed by atoms with Crippen molar-refractivity contribution in [2.24, 2.45) is 0 Å². The number of aromatic nitrogens is 1. The first-order valence-electron chi connectivity index (χ1n) is 13.4. The Morgan fingerprint density at radius 1 is 0.919 bits per heavy atom. The summed E-state index contributed by atoms with van der Waals surface area (Å²) in [7, 11) is 3.80. The topological polar surface area (TPSA) is 54.9 Å². The van der Waals surface area contributed by atoms with Crippen LogP contribution < -0.4 is 9.47 Å². The van der Waals surface area contributed by atoms with Gasteiger partial charge in [-0.1, -0.05) is 18.2 Å². The zero-order chi connectivity index (χ0) is 25.6. The van der Waals surface area contributed by atoms with Crippen LogP contribution in [0.2, 0.25) is 0 Å². The van der Waals surface area contributed by atoms with Gasteiger partial charge in [0.2, 0.25) is 0 Å². The zero-order valence-electron chi connectivity index (χ0n) is 21.9. The van der Waals surface area contributed by atoms with E-state index in [1.165, 1.54) is 29.5 Å². The summed E-state index contributed by atoms with van der Waals surface area (Å²) >= 11 is 0. The van der Waals surface area contributed by atoms with Crippen LogP contribution in [0.4, 0.5) is 0 Å². The van der Waals surface area contributed by atoms with Crippen LogP contribution in [0.1, 0.15) is 58.6 Å². The van der Waals surface area contributed by atoms with Crippen LogP contribution in [0, 0.1) is 0 Å². The first-order chi connectivity index (χ1) is 18.1. The number of hydrogen-bond acceptors (Lipinski definition) is 5. The van der Waals surface area contributed by atoms with Crippen molar-refractivity contribution in [1.82, 2.24) is 14.8 Å². The molecule has 194 valence electrons. The average Bonchev–Trinajstić information content (AvgIpc) is 3.46. The number of hydrogen-bond donors (Lipinski definition) is 0. The number of likely N-dealkylation sites (N-methyl/N-ethyl adjacent to an activating group) is 1. The molecule has 3 aromatic rings. The summed E-state index contributed by atoms with van der Waals surface area (Å²) in [5, 5.41) is 0. The standard InChI is InChI=1S/C31H37N3O3/c1-33-17-19-34(20-18-33)31(35)25-9-7-24(8-10-25)28(21-23-13-15-32-16-14-23)26-11-12-29(36-2)30(22-26)37-27-5-3-4-6-27/h7-16,22,27-28H,3-6,17-21H2,1-2H3/t28-/m1/s1. The van der Waals surface area contributed by atoms with Gasteiger partial charge in [0.1, 0.15) is 0 Å². The molecule has 0 spiro atoms. The highest BCUT2D eigenvalue weighted by molar-refractivity contribution is 5.94. The molecular weight excluding hydrogens is 462 g/mol. The Labute approximate surface area is 220 Å². The molecule has 1 aliphatic carbocycles. The second kappa shape index (κ2) is 11.8. The Hall–Kier alpha value is -3.38. The second-order valence-corrected chi connectivity index (χ2v) is 10.3. The lowest BCUT2D eigenvalue weighted by Crippen LogP contribution is -2.47. The van der Waals surface area contributed by atoms with Crippen molar-refractivity contribution < 1.29 is 14.3 Å². The Morgan fingerprint density at radius 3 is 2.27 bits per heavy atom. The van der Waals surface area contributed by atoms with E-state index >= 15 is 0 Å². The fraction of sp³-hybridized carbons (Fsp3) is 0.419. The van der Waals surface area contributed by atoms with E-state index in [9.17, 15) is 4.79 Å². The van der Waals surface area contributed by atoms with Gasteiger partial charge in [0.25, 0.3) is 5.91 Å². The highest BCUT2D eigenvalue weighted by Crippen LogP contribution is 2.37. The molecule has 1 aliphatic heterocycles. The Morgan fingerprint density at radius 2 is 1.59 bits per heavy atom. The van der Waals surface area contributed by atoms with Gasteiger partial charge >= 0.3 is 0 Å². The lowest BCUT2D eigenvalue weighted by atomic mass is 9.85. The second-order valence-electron chi connectivity index (χ2n) is 10.3. The van der Waals surface area contributed by atoms with Gasteiger partial charge in [0.05, 0.1) is 13.2 Å². The number of rotatable bonds is 8. The molecule has 1 amide bonds. The van der Waals surface area contributed by atoms with E-state index in [4.69, 9.17) is 9.47 Å². The van der Waals surface area contributed by atoms with Gasteiger partial charge in [-0.05, 0) is 92.2 Å². The predicted octanol–water partition coefficient (Wildman–Crippen LogP) is 5.17. The van der Waals surface area contributed by atoms with Crippen molar-refractivity contribution in [2.75, 3.05) is 40.3 Å². The number of benzene rings is 2. The van der Waals surface area contributed by atoms with Gasteiger partial charge in [0.15, 0.2) is 11.5 Å². The van der Waals surface area contributed by atoms with Crippen LogP contribution in [0.25, 0.3) is 0 Å². The van der Waals surface area contributed by atoms with Crippen LogP contribution in [-0.2, 0) is 6.42 Å². The number of ether oxygens (including phenoxy) is 2. The Balaban J connectivity index is 1.43. The summed E-state index contributed by atoms with van der Waals surface area (Å²) in [6, 6.07) is 18.6. The Kier molecular flexibility index (Phi) is 8.05. The smallest absolute Gasteiger partial charge is 0.253 e. The first-order valence-corrected chi connectivity index (χ1v) is 13.4. The lowest BCUT2D eigenvalue weighted by Gasteiger charge is -2.32. The maximum atomic E-state index is 13.1. The minimum absolute atomic E-state index is 0.104. The predicted molar refractivity (Wildman–Crippen MR) is 146 cm³/mol. The molecule has 6 nitrogen and oxygen atoms in total. The van der Waals surface area contributed by atoms with Crippen molar-refractivity contribution in [3.8, 4) is 11.5 Å². The van der Waals surface area contributed by atoms with Gasteiger partial charge in [-0.15, -0.1) is 0 Å². The highest BCUT2D eigenvalue weighted by atomic mass is 16.5. The third-order valence-corrected chi connectivity index (χ3v) is 7.73. The largest absolute Gasteiger partial charge is 0.493 e. The first kappa shape index (κ1) is 25.3. The fourth-order valence-corrected chi connectivity index (χ4v) is 5.42. The molecule has 6 heteroatoms. The van der Waals surface area contributed by atoms with Crippen LogP contribution in [0.3, 0.4) is 0 Å². The van der Waals surface area contributed by atoms with Crippen molar-refractivity contribution in [2.45, 2.75) is 44.1 Å². The van der Waals surface area contributed by atoms with E-state index in [-0.39, 0.29) is 17.9 Å². The average molecular weight is 500 g/mol. The van der Waals surface area contributed by atoms with E-state index < -0.39 is 0 Å². The lowest BCUT2D eigenvalue weighted by molar-refractivity contribution is 0.0664. The zero-order valence-corrected chi connectivity index (χ0v) is 21.9. The molecule has 1 atom stereocenters. The number of carbonyl (C=O) groups excluding carboxylic acids is 1. The van der Waals surface area contributed by atoms with E-state index in [1.807, 2.05) is 35.5 Å². The van der Waals surface area contributed by atoms with E-state index in [0.717, 1.165) is 62.5 Å². The van der Waals surface area contributed by atoms with E-state index in [2.05, 4.69) is 53.3 Å². The number of methoxy groups -OCH3 is 1. The van der Waals surface area contributed by atoms with Gasteiger partial charge in [0, 0.05) is 50.1 Å². The molecule has 2 aromatic carbocycles. The number of piperazine rings is 1. The van der Waals surface area contributed by atoms with Crippen molar-refractivity contribution in [3.63, 3.8) is 0 Å². The van der Waals surface area contributed by atoms with Crippen LogP contribution in [-0.4, -0.2) is 67.1 Å². The van der Waals surface area contributed by atoms with E-state index in [1.54, 1.807) is 7.11 Å². The quantitative estimate of drug-likeness (QED) is 0.428. The summed E-state index contributed by atoms with van der Waals surface area (Å²) in [6.07, 6.45) is 9.38. The molecule has 0 unspecified atom stereocenters. The SMILES string of the molecule is COc1ccc([C@H](Cc2ccncc2)c2ccc(C(=O)N3CCN(C)CC3)cc2)cc1OC1CCCC1. The molecule has 2 aliphatic rings. The highest BCUT2D eigenvalue weighted by Gasteiger charge is 2.23. The molecule has 2 fully saturated rings. The molecule has 1 saturated carbocycles. The van der Waals surface area contributed by atoms with Crippen molar-refractivity contribution in [3.05, 3.63) is 89.2 Å². The van der Waals surface area contributed by atoms with E-state index in [0.29, 0.717) is 0 Å². The third-order valence-electron chi connectivity index (χ3n) is 7.73. The van der Waals surface area contributed by atoms with Crippen LogP contribution in [0.15, 0.2) is 67.0 Å². The van der Waals surface area contributed by atoms with Crippen LogP contribution in [0.5, 0.6) is 11.5 Å². The number of pyridine rings is 1. The third kappa shape index (κ3) is 6.13. The van der Waals surface area contributed by atoms with Gasteiger partial charge in [-0.2, -0.15) is 0 Å². The molecule has 5 rings (SSSR count). The minimum Gasteiger partial charge on any atom is -0.493 e. The number of amides is 1. The maximum Gasteiger partial charge on any atom is 0.253 e. The minimum atomic E-state index is 0.104. The molecule has 0 bridgehead atoms. The summed E-state index contributed by atoms with van der Waals surface area (Å²) in [6.45, 7) is 3.38. The maximum absolute atomic E-state index is 13.1. The monoisotopic (exact) mass is 499 g/mol. The molecule has 0 N–H and O–H groups in total. The molecule has 2 heterocycles. The summed E-state index contributed by atoms with van der Waals surface area (Å²) in [4.78, 5) is 21.5. The van der Waals surface area contributed by atoms with Crippen LogP contribution >= 0.6 is 0 Å². The molecule has 1 aromatic heterocycles. The van der Waals surface area contributed by atoms with Gasteiger partial charge in [-0.25, -0.2) is 0 Å².